The van der Waals surface area contributed by atoms with E-state index in [0.717, 1.165) is 38.3 Å². The second-order valence-electron chi connectivity index (χ2n) is 6.39. The number of aromatic nitrogens is 1. The predicted molar refractivity (Wildman–Crippen MR) is 100 cm³/mol. The summed E-state index contributed by atoms with van der Waals surface area (Å²) in [4.78, 5) is 18.6. The Morgan fingerprint density at radius 3 is 2.88 bits per heavy atom. The van der Waals surface area contributed by atoms with Crippen LogP contribution in [0.5, 0.6) is 0 Å². The number of nitrogens with zero attached hydrogens (tertiary/aromatic N) is 2. The molecule has 0 aliphatic carbocycles. The zero-order chi connectivity index (χ0) is 17.5. The van der Waals surface area contributed by atoms with Gasteiger partial charge in [-0.3, -0.25) is 14.7 Å². The molecule has 2 N–H and O–H groups in total. The molecule has 1 unspecified atom stereocenters. The van der Waals surface area contributed by atoms with Gasteiger partial charge in [-0.05, 0) is 29.7 Å². The highest BCUT2D eigenvalue weighted by atomic mass is 16.1. The number of nitrogens with one attached hydrogen (secondary N) is 2. The van der Waals surface area contributed by atoms with Crippen LogP contribution in [-0.4, -0.2) is 42.0 Å². The Labute approximate surface area is 149 Å². The fraction of sp³-hybridized carbons (Fsp3) is 0.400. The lowest BCUT2D eigenvalue weighted by atomic mass is 10.0. The summed E-state index contributed by atoms with van der Waals surface area (Å²) < 4.78 is 0. The minimum absolute atomic E-state index is 0.0339. The normalized spacial score (nSPS) is 18.0. The fourth-order valence-corrected chi connectivity index (χ4v) is 3.22. The Morgan fingerprint density at radius 2 is 2.16 bits per heavy atom. The first kappa shape index (κ1) is 17.6. The second-order valence-corrected chi connectivity index (χ2v) is 6.39. The molecular formula is C20H26N4O. The van der Waals surface area contributed by atoms with Gasteiger partial charge in [0.15, 0.2) is 0 Å². The molecular weight excluding hydrogens is 312 g/mol. The van der Waals surface area contributed by atoms with Crippen molar-refractivity contribution in [2.24, 2.45) is 0 Å². The monoisotopic (exact) mass is 338 g/mol. The summed E-state index contributed by atoms with van der Waals surface area (Å²) >= 11 is 0. The van der Waals surface area contributed by atoms with Gasteiger partial charge in [0.2, 0.25) is 5.91 Å². The first-order valence-corrected chi connectivity index (χ1v) is 8.99. The molecule has 1 saturated heterocycles. The van der Waals surface area contributed by atoms with Crippen molar-refractivity contribution in [1.29, 1.82) is 0 Å². The van der Waals surface area contributed by atoms with Crippen LogP contribution in [0.15, 0.2) is 48.8 Å². The SMILES string of the molecule is CCc1ccc(C2CNCCN2CCC(=O)Nc2cccnc2)cc1. The maximum Gasteiger partial charge on any atom is 0.225 e. The number of rotatable bonds is 6. The Kier molecular flexibility index (Phi) is 6.14. The summed E-state index contributed by atoms with van der Waals surface area (Å²) in [6.07, 6.45) is 4.91. The van der Waals surface area contributed by atoms with E-state index in [4.69, 9.17) is 0 Å². The number of hydrogen-bond acceptors (Lipinski definition) is 4. The van der Waals surface area contributed by atoms with Crippen molar-refractivity contribution in [2.45, 2.75) is 25.8 Å². The summed E-state index contributed by atoms with van der Waals surface area (Å²) in [7, 11) is 0. The first-order chi connectivity index (χ1) is 12.3. The smallest absolute Gasteiger partial charge is 0.225 e. The third-order valence-corrected chi connectivity index (χ3v) is 4.70. The third-order valence-electron chi connectivity index (χ3n) is 4.70. The fourth-order valence-electron chi connectivity index (χ4n) is 3.22. The van der Waals surface area contributed by atoms with Crippen LogP contribution in [0.3, 0.4) is 0 Å². The van der Waals surface area contributed by atoms with E-state index in [0.29, 0.717) is 12.5 Å². The lowest BCUT2D eigenvalue weighted by molar-refractivity contribution is -0.116. The van der Waals surface area contributed by atoms with E-state index in [1.807, 2.05) is 12.1 Å². The number of pyridine rings is 1. The molecule has 1 aliphatic rings. The highest BCUT2D eigenvalue weighted by Gasteiger charge is 2.24. The predicted octanol–water partition coefficient (Wildman–Crippen LogP) is 2.62. The van der Waals surface area contributed by atoms with Crippen LogP contribution in [0, 0.1) is 0 Å². The van der Waals surface area contributed by atoms with Gasteiger partial charge in [-0.1, -0.05) is 31.2 Å². The van der Waals surface area contributed by atoms with E-state index >= 15 is 0 Å². The summed E-state index contributed by atoms with van der Waals surface area (Å²) in [5.74, 6) is 0.0339. The number of benzene rings is 1. The zero-order valence-electron chi connectivity index (χ0n) is 14.7. The molecule has 1 amide bonds. The molecule has 3 rings (SSSR count). The van der Waals surface area contributed by atoms with Crippen LogP contribution >= 0.6 is 0 Å². The number of carbonyl (C=O) groups is 1. The average Bonchev–Trinajstić information content (AvgIpc) is 2.67. The molecule has 0 spiro atoms. The van der Waals surface area contributed by atoms with Crippen molar-refractivity contribution in [3.8, 4) is 0 Å². The zero-order valence-corrected chi connectivity index (χ0v) is 14.7. The van der Waals surface area contributed by atoms with Crippen LogP contribution in [0.4, 0.5) is 5.69 Å². The van der Waals surface area contributed by atoms with Gasteiger partial charge in [-0.15, -0.1) is 0 Å². The summed E-state index contributed by atoms with van der Waals surface area (Å²) in [6.45, 7) is 5.78. The molecule has 1 fully saturated rings. The molecule has 5 heteroatoms. The van der Waals surface area contributed by atoms with Crippen molar-refractivity contribution < 1.29 is 4.79 Å². The Hall–Kier alpha value is -2.24. The Bertz CT molecular complexity index is 672. The van der Waals surface area contributed by atoms with Crippen molar-refractivity contribution >= 4 is 11.6 Å². The molecule has 5 nitrogen and oxygen atoms in total. The summed E-state index contributed by atoms with van der Waals surface area (Å²) in [5.41, 5.74) is 3.42. The highest BCUT2D eigenvalue weighted by molar-refractivity contribution is 5.90. The largest absolute Gasteiger partial charge is 0.325 e. The lowest BCUT2D eigenvalue weighted by Gasteiger charge is -2.36. The summed E-state index contributed by atoms with van der Waals surface area (Å²) in [6, 6.07) is 12.9. The molecule has 0 saturated carbocycles. The number of amides is 1. The van der Waals surface area contributed by atoms with Crippen molar-refractivity contribution in [1.82, 2.24) is 15.2 Å². The van der Waals surface area contributed by atoms with E-state index in [2.05, 4.69) is 51.7 Å². The Balaban J connectivity index is 1.58. The quantitative estimate of drug-likeness (QED) is 0.850. The lowest BCUT2D eigenvalue weighted by Crippen LogP contribution is -2.46. The first-order valence-electron chi connectivity index (χ1n) is 8.99. The van der Waals surface area contributed by atoms with Gasteiger partial charge in [0.05, 0.1) is 11.9 Å². The van der Waals surface area contributed by atoms with Crippen LogP contribution in [0.1, 0.15) is 30.5 Å². The van der Waals surface area contributed by atoms with Gasteiger partial charge in [0.25, 0.3) is 0 Å². The van der Waals surface area contributed by atoms with E-state index in [1.54, 1.807) is 12.4 Å². The van der Waals surface area contributed by atoms with Crippen LogP contribution in [0.25, 0.3) is 0 Å². The molecule has 132 valence electrons. The number of hydrogen-bond donors (Lipinski definition) is 2. The van der Waals surface area contributed by atoms with Gasteiger partial charge in [0, 0.05) is 44.8 Å². The summed E-state index contributed by atoms with van der Waals surface area (Å²) in [5, 5.41) is 6.38. The third kappa shape index (κ3) is 4.87. The molecule has 0 bridgehead atoms. The van der Waals surface area contributed by atoms with E-state index in [1.165, 1.54) is 11.1 Å². The van der Waals surface area contributed by atoms with Crippen molar-refractivity contribution in [3.05, 3.63) is 59.9 Å². The number of aryl methyl sites for hydroxylation is 1. The molecule has 2 heterocycles. The maximum atomic E-state index is 12.2. The molecule has 1 aromatic heterocycles. The molecule has 0 radical (unpaired) electrons. The second kappa shape index (κ2) is 8.74. The topological polar surface area (TPSA) is 57.3 Å². The van der Waals surface area contributed by atoms with E-state index in [9.17, 15) is 4.79 Å². The van der Waals surface area contributed by atoms with E-state index < -0.39 is 0 Å². The maximum absolute atomic E-state index is 12.2. The highest BCUT2D eigenvalue weighted by Crippen LogP contribution is 2.23. The molecule has 1 atom stereocenters. The van der Waals surface area contributed by atoms with Crippen molar-refractivity contribution in [3.63, 3.8) is 0 Å². The van der Waals surface area contributed by atoms with Gasteiger partial charge in [0.1, 0.15) is 0 Å². The number of carbonyl (C=O) groups excluding carboxylic acids is 1. The minimum atomic E-state index is 0.0339. The number of anilines is 1. The van der Waals surface area contributed by atoms with Gasteiger partial charge >= 0.3 is 0 Å². The molecule has 1 aliphatic heterocycles. The Morgan fingerprint density at radius 1 is 1.32 bits per heavy atom. The van der Waals surface area contributed by atoms with E-state index in [-0.39, 0.29) is 5.91 Å². The standard InChI is InChI=1S/C20H26N4O/c1-2-16-5-7-17(8-6-16)19-15-22-11-13-24(19)12-9-20(25)23-18-4-3-10-21-14-18/h3-8,10,14,19,22H,2,9,11-13,15H2,1H3,(H,23,25). The van der Waals surface area contributed by atoms with Gasteiger partial charge in [-0.2, -0.15) is 0 Å². The average molecular weight is 338 g/mol. The molecule has 2 aromatic rings. The van der Waals surface area contributed by atoms with Gasteiger partial charge in [-0.25, -0.2) is 0 Å². The van der Waals surface area contributed by atoms with Crippen LogP contribution in [-0.2, 0) is 11.2 Å². The minimum Gasteiger partial charge on any atom is -0.325 e. The molecule has 1 aromatic carbocycles. The molecule has 25 heavy (non-hydrogen) atoms. The van der Waals surface area contributed by atoms with Crippen LogP contribution in [0.2, 0.25) is 0 Å². The van der Waals surface area contributed by atoms with Gasteiger partial charge < -0.3 is 10.6 Å². The van der Waals surface area contributed by atoms with Crippen LogP contribution < -0.4 is 10.6 Å². The number of piperazine rings is 1. The van der Waals surface area contributed by atoms with Crippen molar-refractivity contribution in [2.75, 3.05) is 31.5 Å².